The SMILES string of the molecule is CC(=O)OCn1nnnc1-c1ccccc1-c1ccc(SC(C)(C)C)c(NC(=O)Cc2ccc(C)cc2)c1. The molecule has 9 heteroatoms. The van der Waals surface area contributed by atoms with E-state index in [1.54, 1.807) is 11.8 Å². The Morgan fingerprint density at radius 3 is 2.39 bits per heavy atom. The van der Waals surface area contributed by atoms with Crippen molar-refractivity contribution in [2.45, 2.75) is 57.4 Å². The fourth-order valence-electron chi connectivity index (χ4n) is 3.87. The molecule has 0 fully saturated rings. The molecule has 8 nitrogen and oxygen atoms in total. The third-order valence-corrected chi connectivity index (χ3v) is 6.74. The number of thioether (sulfide) groups is 1. The van der Waals surface area contributed by atoms with Crippen molar-refractivity contribution in [1.82, 2.24) is 20.2 Å². The van der Waals surface area contributed by atoms with Crippen LogP contribution in [0.4, 0.5) is 5.69 Å². The lowest BCUT2D eigenvalue weighted by Gasteiger charge is -2.21. The number of ether oxygens (including phenoxy) is 1. The van der Waals surface area contributed by atoms with Crippen molar-refractivity contribution in [3.63, 3.8) is 0 Å². The van der Waals surface area contributed by atoms with Gasteiger partial charge in [-0.25, -0.2) is 0 Å². The molecule has 0 spiro atoms. The molecule has 4 rings (SSSR count). The molecule has 0 saturated heterocycles. The number of hydrogen-bond acceptors (Lipinski definition) is 7. The minimum Gasteiger partial charge on any atom is -0.442 e. The number of tetrazole rings is 1. The summed E-state index contributed by atoms with van der Waals surface area (Å²) in [6.45, 7) is 9.69. The number of carbonyl (C=O) groups excluding carboxylic acids is 2. The van der Waals surface area contributed by atoms with Crippen molar-refractivity contribution >= 4 is 29.3 Å². The van der Waals surface area contributed by atoms with E-state index in [0.29, 0.717) is 5.82 Å². The molecular weight excluding hydrogens is 498 g/mol. The van der Waals surface area contributed by atoms with Gasteiger partial charge < -0.3 is 10.1 Å². The maximum absolute atomic E-state index is 13.1. The van der Waals surface area contributed by atoms with Crippen LogP contribution in [0.15, 0.2) is 71.6 Å². The highest BCUT2D eigenvalue weighted by Crippen LogP contribution is 2.40. The highest BCUT2D eigenvalue weighted by atomic mass is 32.2. The first-order valence-corrected chi connectivity index (χ1v) is 13.1. The zero-order valence-corrected chi connectivity index (χ0v) is 23.0. The lowest BCUT2D eigenvalue weighted by molar-refractivity contribution is -0.145. The van der Waals surface area contributed by atoms with E-state index in [9.17, 15) is 9.59 Å². The van der Waals surface area contributed by atoms with Gasteiger partial charge in [0.2, 0.25) is 5.91 Å². The maximum Gasteiger partial charge on any atom is 0.304 e. The smallest absolute Gasteiger partial charge is 0.304 e. The number of aromatic nitrogens is 4. The number of anilines is 1. The number of aryl methyl sites for hydroxylation is 1. The molecular formula is C29H31N5O3S. The van der Waals surface area contributed by atoms with E-state index < -0.39 is 5.97 Å². The monoisotopic (exact) mass is 529 g/mol. The number of amides is 1. The molecule has 0 atom stereocenters. The minimum atomic E-state index is -0.419. The first-order chi connectivity index (χ1) is 18.1. The topological polar surface area (TPSA) is 99.0 Å². The van der Waals surface area contributed by atoms with E-state index in [0.717, 1.165) is 38.4 Å². The molecule has 3 aromatic carbocycles. The van der Waals surface area contributed by atoms with Crippen LogP contribution in [-0.4, -0.2) is 36.8 Å². The van der Waals surface area contributed by atoms with Crippen molar-refractivity contribution in [3.05, 3.63) is 77.9 Å². The average molecular weight is 530 g/mol. The Balaban J connectivity index is 1.69. The van der Waals surface area contributed by atoms with Gasteiger partial charge in [-0.3, -0.25) is 9.59 Å². The largest absolute Gasteiger partial charge is 0.442 e. The van der Waals surface area contributed by atoms with E-state index in [4.69, 9.17) is 4.74 Å². The lowest BCUT2D eigenvalue weighted by atomic mass is 9.98. The highest BCUT2D eigenvalue weighted by molar-refractivity contribution is 8.00. The number of esters is 1. The molecule has 0 bridgehead atoms. The molecule has 4 aromatic rings. The summed E-state index contributed by atoms with van der Waals surface area (Å²) in [7, 11) is 0. The van der Waals surface area contributed by atoms with Gasteiger partial charge in [0.25, 0.3) is 0 Å². The second-order valence-corrected chi connectivity index (χ2v) is 11.8. The third-order valence-electron chi connectivity index (χ3n) is 5.56. The summed E-state index contributed by atoms with van der Waals surface area (Å²) in [5.74, 6) is -0.0296. The molecule has 1 aromatic heterocycles. The van der Waals surface area contributed by atoms with Crippen LogP contribution in [0, 0.1) is 6.92 Å². The van der Waals surface area contributed by atoms with Crippen molar-refractivity contribution < 1.29 is 14.3 Å². The molecule has 0 radical (unpaired) electrons. The summed E-state index contributed by atoms with van der Waals surface area (Å²) >= 11 is 1.70. The second-order valence-electron chi connectivity index (χ2n) is 9.95. The zero-order valence-electron chi connectivity index (χ0n) is 22.2. The Morgan fingerprint density at radius 2 is 1.71 bits per heavy atom. The number of carbonyl (C=O) groups is 2. The van der Waals surface area contributed by atoms with Gasteiger partial charge in [0, 0.05) is 22.1 Å². The van der Waals surface area contributed by atoms with Crippen LogP contribution < -0.4 is 5.32 Å². The van der Waals surface area contributed by atoms with Gasteiger partial charge in [-0.05, 0) is 46.2 Å². The van der Waals surface area contributed by atoms with Gasteiger partial charge >= 0.3 is 5.97 Å². The number of benzene rings is 3. The highest BCUT2D eigenvalue weighted by Gasteiger charge is 2.19. The zero-order chi connectivity index (χ0) is 27.3. The number of rotatable bonds is 8. The first-order valence-electron chi connectivity index (χ1n) is 12.3. The van der Waals surface area contributed by atoms with Gasteiger partial charge in [0.1, 0.15) is 0 Å². The van der Waals surface area contributed by atoms with Crippen molar-refractivity contribution in [2.75, 3.05) is 5.32 Å². The first kappa shape index (κ1) is 27.1. The average Bonchev–Trinajstić information content (AvgIpc) is 3.33. The summed E-state index contributed by atoms with van der Waals surface area (Å²) in [6.07, 6.45) is 0.283. The van der Waals surface area contributed by atoms with Gasteiger partial charge in [0.15, 0.2) is 12.6 Å². The number of nitrogens with one attached hydrogen (secondary N) is 1. The van der Waals surface area contributed by atoms with E-state index in [2.05, 4.69) is 41.6 Å². The molecule has 38 heavy (non-hydrogen) atoms. The number of hydrogen-bond donors (Lipinski definition) is 1. The van der Waals surface area contributed by atoms with Gasteiger partial charge in [0.05, 0.1) is 12.1 Å². The van der Waals surface area contributed by atoms with Crippen molar-refractivity contribution in [3.8, 4) is 22.5 Å². The van der Waals surface area contributed by atoms with Crippen LogP contribution in [0.1, 0.15) is 38.8 Å². The summed E-state index contributed by atoms with van der Waals surface area (Å²) in [5.41, 5.74) is 5.41. The summed E-state index contributed by atoms with van der Waals surface area (Å²) in [5, 5.41) is 15.1. The van der Waals surface area contributed by atoms with Crippen LogP contribution >= 0.6 is 11.8 Å². The van der Waals surface area contributed by atoms with Crippen LogP contribution in [0.2, 0.25) is 0 Å². The molecule has 0 aliphatic heterocycles. The summed E-state index contributed by atoms with van der Waals surface area (Å²) < 4.78 is 6.50. The summed E-state index contributed by atoms with van der Waals surface area (Å²) in [6, 6.07) is 21.8. The quantitative estimate of drug-likeness (QED) is 0.224. The Kier molecular flexibility index (Phi) is 8.26. The van der Waals surface area contributed by atoms with Crippen molar-refractivity contribution in [1.29, 1.82) is 0 Å². The fraction of sp³-hybridized carbons (Fsp3) is 0.276. The molecule has 0 aliphatic carbocycles. The lowest BCUT2D eigenvalue weighted by Crippen LogP contribution is -2.16. The Labute approximate surface area is 226 Å². The molecule has 1 heterocycles. The van der Waals surface area contributed by atoms with E-state index in [1.165, 1.54) is 11.6 Å². The predicted octanol–water partition coefficient (Wildman–Crippen LogP) is 5.91. The Morgan fingerprint density at radius 1 is 1.00 bits per heavy atom. The minimum absolute atomic E-state index is 0.0470. The van der Waals surface area contributed by atoms with Gasteiger partial charge in [-0.1, -0.05) is 80.9 Å². The predicted molar refractivity (Wildman–Crippen MR) is 150 cm³/mol. The summed E-state index contributed by atoms with van der Waals surface area (Å²) in [4.78, 5) is 25.4. The van der Waals surface area contributed by atoms with Gasteiger partial charge in [-0.2, -0.15) is 4.68 Å². The van der Waals surface area contributed by atoms with E-state index >= 15 is 0 Å². The number of nitrogens with zero attached hydrogens (tertiary/aromatic N) is 4. The molecule has 196 valence electrons. The second kappa shape index (κ2) is 11.6. The van der Waals surface area contributed by atoms with Crippen LogP contribution in [0.3, 0.4) is 0 Å². The van der Waals surface area contributed by atoms with E-state index in [1.807, 2.05) is 73.7 Å². The van der Waals surface area contributed by atoms with Crippen molar-refractivity contribution in [2.24, 2.45) is 0 Å². The normalized spacial score (nSPS) is 11.3. The molecule has 0 aliphatic rings. The van der Waals surface area contributed by atoms with E-state index in [-0.39, 0.29) is 23.8 Å². The van der Waals surface area contributed by atoms with Crippen LogP contribution in [0.5, 0.6) is 0 Å². The molecule has 0 saturated carbocycles. The third kappa shape index (κ3) is 7.07. The molecule has 0 unspecified atom stereocenters. The standard InChI is InChI=1S/C29H31N5O3S/c1-19-10-12-21(13-11-19)16-27(36)30-25-17-22(14-15-26(25)38-29(3,4)5)23-8-6-7-9-24(23)28-31-32-33-34(28)18-37-20(2)35/h6-15,17H,16,18H2,1-5H3,(H,30,36). The fourth-order valence-corrected chi connectivity index (χ4v) is 4.88. The van der Waals surface area contributed by atoms with Crippen LogP contribution in [0.25, 0.3) is 22.5 Å². The molecule has 1 amide bonds. The van der Waals surface area contributed by atoms with Gasteiger partial charge in [-0.15, -0.1) is 16.9 Å². The molecule has 1 N–H and O–H groups in total. The Bertz CT molecular complexity index is 1440. The maximum atomic E-state index is 13.1. The van der Waals surface area contributed by atoms with Crippen LogP contribution in [-0.2, 0) is 27.5 Å². The Hall–Kier alpha value is -3.98.